The molecule has 0 saturated carbocycles. The molecule has 1 aromatic carbocycles. The highest BCUT2D eigenvalue weighted by Gasteiger charge is 2.18. The Hall–Kier alpha value is -2.24. The van der Waals surface area contributed by atoms with Crippen molar-refractivity contribution < 1.29 is 19.4 Å². The van der Waals surface area contributed by atoms with E-state index >= 15 is 0 Å². The van der Waals surface area contributed by atoms with E-state index in [0.29, 0.717) is 13.2 Å². The summed E-state index contributed by atoms with van der Waals surface area (Å²) in [6.07, 6.45) is -0.0917. The molecule has 0 bridgehead atoms. The van der Waals surface area contributed by atoms with Crippen LogP contribution in [0.4, 0.5) is 4.79 Å². The monoisotopic (exact) mass is 294 g/mol. The fourth-order valence-corrected chi connectivity index (χ4v) is 1.71. The number of hydrogen-bond acceptors (Lipinski definition) is 3. The third-order valence-electron chi connectivity index (χ3n) is 2.92. The molecule has 0 aliphatic carbocycles. The van der Waals surface area contributed by atoms with Crippen molar-refractivity contribution in [3.63, 3.8) is 0 Å². The molecular formula is C15H22N2O4. The van der Waals surface area contributed by atoms with Gasteiger partial charge in [-0.15, -0.1) is 0 Å². The standard InChI is InChI=1S/C15H22N2O4/c1-11(2)13(10-14(18)19)17-15(20)16-8-9-21-12-6-4-3-5-7-12/h3-7,11,13H,8-10H2,1-2H3,(H,18,19)(H2,16,17,20). The summed E-state index contributed by atoms with van der Waals surface area (Å²) in [4.78, 5) is 22.4. The van der Waals surface area contributed by atoms with E-state index in [9.17, 15) is 9.59 Å². The van der Waals surface area contributed by atoms with Gasteiger partial charge in [-0.05, 0) is 18.1 Å². The van der Waals surface area contributed by atoms with Crippen molar-refractivity contribution in [2.45, 2.75) is 26.3 Å². The van der Waals surface area contributed by atoms with Crippen LogP contribution in [0.15, 0.2) is 30.3 Å². The highest BCUT2D eigenvalue weighted by Crippen LogP contribution is 2.07. The van der Waals surface area contributed by atoms with Crippen LogP contribution >= 0.6 is 0 Å². The number of carbonyl (C=O) groups is 2. The highest BCUT2D eigenvalue weighted by molar-refractivity contribution is 5.75. The van der Waals surface area contributed by atoms with Crippen LogP contribution in [0.2, 0.25) is 0 Å². The Morgan fingerprint density at radius 3 is 2.48 bits per heavy atom. The summed E-state index contributed by atoms with van der Waals surface area (Å²) in [5.74, 6) is -0.139. The molecule has 1 unspecified atom stereocenters. The smallest absolute Gasteiger partial charge is 0.315 e. The predicted molar refractivity (Wildman–Crippen MR) is 79.4 cm³/mol. The highest BCUT2D eigenvalue weighted by atomic mass is 16.5. The summed E-state index contributed by atoms with van der Waals surface area (Å²) in [5, 5.41) is 14.1. The van der Waals surface area contributed by atoms with Crippen LogP contribution in [-0.2, 0) is 4.79 Å². The lowest BCUT2D eigenvalue weighted by Gasteiger charge is -2.20. The summed E-state index contributed by atoms with van der Waals surface area (Å²) in [6, 6.07) is 8.53. The zero-order valence-electron chi connectivity index (χ0n) is 12.3. The minimum Gasteiger partial charge on any atom is -0.492 e. The topological polar surface area (TPSA) is 87.7 Å². The van der Waals surface area contributed by atoms with Crippen LogP contribution in [0.3, 0.4) is 0 Å². The van der Waals surface area contributed by atoms with Crippen LogP contribution in [0, 0.1) is 5.92 Å². The molecule has 0 aromatic heterocycles. The van der Waals surface area contributed by atoms with Gasteiger partial charge in [0.1, 0.15) is 12.4 Å². The van der Waals surface area contributed by atoms with Crippen molar-refractivity contribution in [3.05, 3.63) is 30.3 Å². The number of carbonyl (C=O) groups excluding carboxylic acids is 1. The number of rotatable bonds is 8. The third-order valence-corrected chi connectivity index (χ3v) is 2.92. The van der Waals surface area contributed by atoms with Crippen LogP contribution in [0.5, 0.6) is 5.75 Å². The molecule has 0 aliphatic heterocycles. The van der Waals surface area contributed by atoms with E-state index in [-0.39, 0.29) is 18.4 Å². The Kier molecular flexibility index (Phi) is 7.08. The number of ether oxygens (including phenoxy) is 1. The van der Waals surface area contributed by atoms with E-state index in [2.05, 4.69) is 10.6 Å². The Morgan fingerprint density at radius 2 is 1.90 bits per heavy atom. The number of carboxylic acids is 1. The van der Waals surface area contributed by atoms with Crippen LogP contribution in [0.1, 0.15) is 20.3 Å². The lowest BCUT2D eigenvalue weighted by molar-refractivity contribution is -0.137. The summed E-state index contributed by atoms with van der Waals surface area (Å²) in [5.41, 5.74) is 0. The number of hydrogen-bond donors (Lipinski definition) is 3. The minimum atomic E-state index is -0.929. The van der Waals surface area contributed by atoms with Crippen molar-refractivity contribution in [3.8, 4) is 5.75 Å². The third kappa shape index (κ3) is 7.20. The second kappa shape index (κ2) is 8.84. The second-order valence-electron chi connectivity index (χ2n) is 5.01. The van der Waals surface area contributed by atoms with Crippen molar-refractivity contribution >= 4 is 12.0 Å². The van der Waals surface area contributed by atoms with Gasteiger partial charge in [-0.1, -0.05) is 32.0 Å². The van der Waals surface area contributed by atoms with Crippen molar-refractivity contribution in [2.24, 2.45) is 5.92 Å². The molecule has 0 fully saturated rings. The maximum atomic E-state index is 11.7. The van der Waals surface area contributed by atoms with E-state index in [1.807, 2.05) is 44.2 Å². The molecule has 6 nitrogen and oxygen atoms in total. The molecule has 0 radical (unpaired) electrons. The van der Waals surface area contributed by atoms with Crippen LogP contribution in [0.25, 0.3) is 0 Å². The fourth-order valence-electron chi connectivity index (χ4n) is 1.71. The van der Waals surface area contributed by atoms with Gasteiger partial charge in [-0.2, -0.15) is 0 Å². The summed E-state index contributed by atoms with van der Waals surface area (Å²) in [7, 11) is 0. The molecule has 116 valence electrons. The molecule has 2 amide bonds. The maximum absolute atomic E-state index is 11.7. The molecule has 0 heterocycles. The molecule has 6 heteroatoms. The van der Waals surface area contributed by atoms with E-state index in [0.717, 1.165) is 5.75 Å². The first-order valence-corrected chi connectivity index (χ1v) is 6.93. The zero-order valence-corrected chi connectivity index (χ0v) is 12.3. The largest absolute Gasteiger partial charge is 0.492 e. The van der Waals surface area contributed by atoms with Gasteiger partial charge in [0.2, 0.25) is 0 Å². The second-order valence-corrected chi connectivity index (χ2v) is 5.01. The molecule has 3 N–H and O–H groups in total. The van der Waals surface area contributed by atoms with Gasteiger partial charge in [0.15, 0.2) is 0 Å². The molecule has 0 spiro atoms. The first-order valence-electron chi connectivity index (χ1n) is 6.93. The average molecular weight is 294 g/mol. The van der Waals surface area contributed by atoms with E-state index in [4.69, 9.17) is 9.84 Å². The summed E-state index contributed by atoms with van der Waals surface area (Å²) < 4.78 is 5.44. The molecular weight excluding hydrogens is 272 g/mol. The summed E-state index contributed by atoms with van der Waals surface area (Å²) >= 11 is 0. The molecule has 21 heavy (non-hydrogen) atoms. The minimum absolute atomic E-state index is 0.0485. The maximum Gasteiger partial charge on any atom is 0.315 e. The van der Waals surface area contributed by atoms with Gasteiger partial charge < -0.3 is 20.5 Å². The van der Waals surface area contributed by atoms with Crippen molar-refractivity contribution in [1.29, 1.82) is 0 Å². The zero-order chi connectivity index (χ0) is 15.7. The van der Waals surface area contributed by atoms with Gasteiger partial charge in [0.05, 0.1) is 13.0 Å². The quantitative estimate of drug-likeness (QED) is 0.639. The molecule has 1 rings (SSSR count). The predicted octanol–water partition coefficient (Wildman–Crippen LogP) is 1.86. The van der Waals surface area contributed by atoms with Crippen LogP contribution in [-0.4, -0.2) is 36.3 Å². The first kappa shape index (κ1) is 16.8. The average Bonchev–Trinajstić information content (AvgIpc) is 2.43. The van der Waals surface area contributed by atoms with Gasteiger partial charge in [0, 0.05) is 6.04 Å². The Bertz CT molecular complexity index is 448. The summed E-state index contributed by atoms with van der Waals surface area (Å²) in [6.45, 7) is 4.43. The lowest BCUT2D eigenvalue weighted by atomic mass is 10.0. The SMILES string of the molecule is CC(C)C(CC(=O)O)NC(=O)NCCOc1ccccc1. The number of carboxylic acid groups (broad SMARTS) is 1. The van der Waals surface area contributed by atoms with Crippen LogP contribution < -0.4 is 15.4 Å². The van der Waals surface area contributed by atoms with E-state index in [1.54, 1.807) is 0 Å². The number of nitrogens with one attached hydrogen (secondary N) is 2. The number of aliphatic carboxylic acids is 1. The van der Waals surface area contributed by atoms with Gasteiger partial charge >= 0.3 is 12.0 Å². The first-order chi connectivity index (χ1) is 9.99. The Morgan fingerprint density at radius 1 is 1.24 bits per heavy atom. The normalized spacial score (nSPS) is 11.8. The Balaban J connectivity index is 2.25. The number of para-hydroxylation sites is 1. The molecule has 0 saturated heterocycles. The molecule has 0 aliphatic rings. The Labute approximate surface area is 124 Å². The number of urea groups is 1. The van der Waals surface area contributed by atoms with Gasteiger partial charge in [-0.25, -0.2) is 4.79 Å². The number of benzene rings is 1. The van der Waals surface area contributed by atoms with Crippen molar-refractivity contribution in [2.75, 3.05) is 13.2 Å². The number of amides is 2. The van der Waals surface area contributed by atoms with E-state index in [1.165, 1.54) is 0 Å². The van der Waals surface area contributed by atoms with Gasteiger partial charge in [-0.3, -0.25) is 4.79 Å². The fraction of sp³-hybridized carbons (Fsp3) is 0.467. The lowest BCUT2D eigenvalue weighted by Crippen LogP contribution is -2.46. The van der Waals surface area contributed by atoms with E-state index < -0.39 is 12.0 Å². The van der Waals surface area contributed by atoms with Crippen molar-refractivity contribution in [1.82, 2.24) is 10.6 Å². The molecule has 1 aromatic rings. The van der Waals surface area contributed by atoms with Gasteiger partial charge in [0.25, 0.3) is 0 Å². The molecule has 1 atom stereocenters.